The van der Waals surface area contributed by atoms with Crippen LogP contribution in [0.2, 0.25) is 5.02 Å². The first-order valence-corrected chi connectivity index (χ1v) is 6.28. The Balaban J connectivity index is 2.65. The number of hydrogen-bond donors (Lipinski definition) is 0. The summed E-state index contributed by atoms with van der Waals surface area (Å²) in [6.45, 7) is 3.01. The van der Waals surface area contributed by atoms with E-state index in [9.17, 15) is 4.79 Å². The Hall–Kier alpha value is -1.25. The third kappa shape index (κ3) is 4.21. The number of rotatable bonds is 4. The average molecular weight is 333 g/mol. The smallest absolute Gasteiger partial charge is 0.345 e. The van der Waals surface area contributed by atoms with E-state index < -0.39 is 12.1 Å². The first-order valence-electron chi connectivity index (χ1n) is 5.11. The van der Waals surface area contributed by atoms with Crippen molar-refractivity contribution < 1.29 is 14.3 Å². The molecule has 0 saturated carbocycles. The molecule has 0 radical (unpaired) electrons. The number of nitriles is 1. The lowest BCUT2D eigenvalue weighted by Gasteiger charge is -2.11. The van der Waals surface area contributed by atoms with Gasteiger partial charge in [-0.15, -0.1) is 0 Å². The van der Waals surface area contributed by atoms with Crippen molar-refractivity contribution in [1.29, 1.82) is 5.26 Å². The summed E-state index contributed by atoms with van der Waals surface area (Å²) in [5, 5.41) is 8.90. The number of ether oxygens (including phenoxy) is 2. The van der Waals surface area contributed by atoms with Crippen molar-refractivity contribution in [2.75, 3.05) is 6.61 Å². The second-order valence-corrected chi connectivity index (χ2v) is 4.91. The molecule has 0 saturated heterocycles. The van der Waals surface area contributed by atoms with Gasteiger partial charge in [-0.05, 0) is 31.5 Å². The third-order valence-corrected chi connectivity index (χ3v) is 2.76. The molecule has 1 aromatic rings. The van der Waals surface area contributed by atoms with E-state index in [4.69, 9.17) is 26.3 Å². The highest BCUT2D eigenvalue weighted by Gasteiger charge is 2.12. The zero-order valence-corrected chi connectivity index (χ0v) is 12.2. The Morgan fingerprint density at radius 1 is 1.61 bits per heavy atom. The van der Waals surface area contributed by atoms with E-state index >= 15 is 0 Å². The zero-order valence-electron chi connectivity index (χ0n) is 9.87. The lowest BCUT2D eigenvalue weighted by Crippen LogP contribution is -2.19. The maximum absolute atomic E-state index is 11.3. The van der Waals surface area contributed by atoms with Crippen LogP contribution in [-0.2, 0) is 9.53 Å². The lowest BCUT2D eigenvalue weighted by molar-refractivity contribution is -0.148. The van der Waals surface area contributed by atoms with E-state index in [0.29, 0.717) is 10.8 Å². The van der Waals surface area contributed by atoms with Gasteiger partial charge in [-0.2, -0.15) is 5.26 Å². The average Bonchev–Trinajstić information content (AvgIpc) is 2.27. The van der Waals surface area contributed by atoms with Crippen LogP contribution in [0, 0.1) is 18.3 Å². The van der Waals surface area contributed by atoms with Gasteiger partial charge in [0.1, 0.15) is 11.8 Å². The highest BCUT2D eigenvalue weighted by Crippen LogP contribution is 2.31. The van der Waals surface area contributed by atoms with Gasteiger partial charge in [0.05, 0.1) is 5.02 Å². The number of carbonyl (C=O) groups excluding carboxylic acids is 1. The minimum atomic E-state index is -0.789. The summed E-state index contributed by atoms with van der Waals surface area (Å²) in [4.78, 5) is 11.3. The molecular weight excluding hydrogens is 321 g/mol. The fraction of sp³-hybridized carbons (Fsp3) is 0.333. The zero-order chi connectivity index (χ0) is 13.7. The maximum Gasteiger partial charge on any atom is 0.345 e. The molecule has 18 heavy (non-hydrogen) atoms. The van der Waals surface area contributed by atoms with Gasteiger partial charge < -0.3 is 9.47 Å². The second kappa shape index (κ2) is 6.62. The van der Waals surface area contributed by atoms with Gasteiger partial charge in [-0.3, -0.25) is 0 Å². The molecule has 1 atom stereocenters. The Labute approximate surface area is 119 Å². The normalized spacial score (nSPS) is 11.5. The number of nitrogens with zero attached hydrogens (tertiary/aromatic N) is 1. The largest absolute Gasteiger partial charge is 0.480 e. The first kappa shape index (κ1) is 14.8. The van der Waals surface area contributed by atoms with Crippen molar-refractivity contribution in [3.63, 3.8) is 0 Å². The van der Waals surface area contributed by atoms with Gasteiger partial charge in [-0.1, -0.05) is 27.5 Å². The summed E-state index contributed by atoms with van der Waals surface area (Å²) in [6, 6.07) is 5.29. The summed E-state index contributed by atoms with van der Waals surface area (Å²) in [5.41, 5.74) is 0.801. The Kier molecular flexibility index (Phi) is 5.45. The second-order valence-electron chi connectivity index (χ2n) is 3.58. The Morgan fingerprint density at radius 3 is 2.83 bits per heavy atom. The van der Waals surface area contributed by atoms with Crippen LogP contribution in [0.3, 0.4) is 0 Å². The third-order valence-electron chi connectivity index (χ3n) is 2.02. The Bertz CT molecular complexity index is 476. The molecule has 0 fully saturated rings. The molecular formula is C12H11BrClNO3. The van der Waals surface area contributed by atoms with Crippen molar-refractivity contribution in [3.8, 4) is 11.8 Å². The topological polar surface area (TPSA) is 59.3 Å². The SMILES string of the molecule is Cc1cc(Br)cc(Cl)c1OCC(=O)O[C@@H](C)C#N. The first-order chi connectivity index (χ1) is 8.43. The van der Waals surface area contributed by atoms with Crippen molar-refractivity contribution in [3.05, 3.63) is 27.2 Å². The molecule has 96 valence electrons. The summed E-state index contributed by atoms with van der Waals surface area (Å²) in [6.07, 6.45) is -0.789. The highest BCUT2D eigenvalue weighted by molar-refractivity contribution is 9.10. The van der Waals surface area contributed by atoms with Crippen molar-refractivity contribution in [2.45, 2.75) is 20.0 Å². The maximum atomic E-state index is 11.3. The minimum absolute atomic E-state index is 0.284. The number of esters is 1. The highest BCUT2D eigenvalue weighted by atomic mass is 79.9. The number of aryl methyl sites for hydroxylation is 1. The van der Waals surface area contributed by atoms with Crippen LogP contribution in [-0.4, -0.2) is 18.7 Å². The number of hydrogen-bond acceptors (Lipinski definition) is 4. The van der Waals surface area contributed by atoms with E-state index in [-0.39, 0.29) is 6.61 Å². The predicted molar refractivity (Wildman–Crippen MR) is 70.6 cm³/mol. The summed E-state index contributed by atoms with van der Waals surface area (Å²) in [7, 11) is 0. The molecule has 0 aliphatic carbocycles. The van der Waals surface area contributed by atoms with Gasteiger partial charge in [0.2, 0.25) is 0 Å². The standard InChI is InChI=1S/C12H11BrClNO3/c1-7-3-9(13)4-10(14)12(7)17-6-11(16)18-8(2)5-15/h3-4,8H,6H2,1-2H3/t8-/m0/s1. The van der Waals surface area contributed by atoms with Gasteiger partial charge in [0.15, 0.2) is 12.7 Å². The summed E-state index contributed by atoms with van der Waals surface area (Å²) in [5.74, 6) is -0.177. The van der Waals surface area contributed by atoms with E-state index in [0.717, 1.165) is 10.0 Å². The monoisotopic (exact) mass is 331 g/mol. The van der Waals surface area contributed by atoms with Crippen LogP contribution < -0.4 is 4.74 Å². The lowest BCUT2D eigenvalue weighted by atomic mass is 10.2. The van der Waals surface area contributed by atoms with Crippen molar-refractivity contribution in [1.82, 2.24) is 0 Å². The van der Waals surface area contributed by atoms with Gasteiger partial charge in [-0.25, -0.2) is 4.79 Å². The summed E-state index contributed by atoms with van der Waals surface area (Å²) < 4.78 is 10.9. The van der Waals surface area contributed by atoms with Crippen molar-refractivity contribution >= 4 is 33.5 Å². The van der Waals surface area contributed by atoms with Gasteiger partial charge >= 0.3 is 5.97 Å². The summed E-state index contributed by atoms with van der Waals surface area (Å²) >= 11 is 9.29. The number of carbonyl (C=O) groups is 1. The van der Waals surface area contributed by atoms with Crippen LogP contribution in [0.15, 0.2) is 16.6 Å². The van der Waals surface area contributed by atoms with Crippen molar-refractivity contribution in [2.24, 2.45) is 0 Å². The molecule has 0 spiro atoms. The molecule has 0 aliphatic rings. The van der Waals surface area contributed by atoms with Crippen LogP contribution >= 0.6 is 27.5 Å². The molecule has 0 amide bonds. The quantitative estimate of drug-likeness (QED) is 0.794. The van der Waals surface area contributed by atoms with E-state index in [1.807, 2.05) is 13.0 Å². The molecule has 4 nitrogen and oxygen atoms in total. The van der Waals surface area contributed by atoms with E-state index in [2.05, 4.69) is 15.9 Å². The molecule has 0 aromatic heterocycles. The number of benzene rings is 1. The molecule has 0 N–H and O–H groups in total. The van der Waals surface area contributed by atoms with Crippen LogP contribution in [0.25, 0.3) is 0 Å². The molecule has 0 unspecified atom stereocenters. The molecule has 6 heteroatoms. The molecule has 1 aromatic carbocycles. The Morgan fingerprint density at radius 2 is 2.28 bits per heavy atom. The molecule has 1 rings (SSSR count). The molecule has 0 heterocycles. The van der Waals surface area contributed by atoms with Crippen LogP contribution in [0.5, 0.6) is 5.75 Å². The fourth-order valence-corrected chi connectivity index (χ4v) is 2.29. The predicted octanol–water partition coefficient (Wildman–Crippen LogP) is 3.25. The van der Waals surface area contributed by atoms with Crippen LogP contribution in [0.1, 0.15) is 12.5 Å². The molecule has 0 aliphatic heterocycles. The minimum Gasteiger partial charge on any atom is -0.480 e. The van der Waals surface area contributed by atoms with E-state index in [1.54, 1.807) is 12.1 Å². The molecule has 0 bridgehead atoms. The fourth-order valence-electron chi connectivity index (χ4n) is 1.26. The van der Waals surface area contributed by atoms with Crippen LogP contribution in [0.4, 0.5) is 0 Å². The van der Waals surface area contributed by atoms with E-state index in [1.165, 1.54) is 6.92 Å². The van der Waals surface area contributed by atoms with Gasteiger partial charge in [0.25, 0.3) is 0 Å². The van der Waals surface area contributed by atoms with Gasteiger partial charge in [0, 0.05) is 4.47 Å². The number of halogens is 2.